The van der Waals surface area contributed by atoms with Gasteiger partial charge in [0.2, 0.25) is 0 Å². The van der Waals surface area contributed by atoms with E-state index in [2.05, 4.69) is 210 Å². The number of hydrogen-bond donors (Lipinski definition) is 0. The van der Waals surface area contributed by atoms with E-state index in [4.69, 9.17) is 0 Å². The maximum Gasteiger partial charge on any atom is 0.252 e. The first-order chi connectivity index (χ1) is 25.8. The van der Waals surface area contributed by atoms with Gasteiger partial charge in [-0.2, -0.15) is 0 Å². The molecule has 0 bridgehead atoms. The summed E-state index contributed by atoms with van der Waals surface area (Å²) < 4.78 is 0. The first kappa shape index (κ1) is 30.6. The second kappa shape index (κ2) is 12.8. The van der Waals surface area contributed by atoms with Crippen LogP contribution in [0.25, 0.3) is 22.3 Å². The molecule has 0 atom stereocenters. The second-order valence-electron chi connectivity index (χ2n) is 13.3. The summed E-state index contributed by atoms with van der Waals surface area (Å²) >= 11 is 1.82. The van der Waals surface area contributed by atoms with Gasteiger partial charge in [0.15, 0.2) is 0 Å². The third-order valence-corrected chi connectivity index (χ3v) is 11.3. The smallest absolute Gasteiger partial charge is 0.252 e. The van der Waals surface area contributed by atoms with Crippen molar-refractivity contribution in [2.24, 2.45) is 0 Å². The largest absolute Gasteiger partial charge is 0.311 e. The van der Waals surface area contributed by atoms with Gasteiger partial charge in [-0.15, -0.1) is 0 Å². The van der Waals surface area contributed by atoms with Crippen LogP contribution in [0, 0.1) is 0 Å². The minimum absolute atomic E-state index is 0.0634. The maximum atomic E-state index is 2.53. The van der Waals surface area contributed by atoms with Gasteiger partial charge >= 0.3 is 0 Å². The zero-order valence-corrected chi connectivity index (χ0v) is 29.2. The van der Waals surface area contributed by atoms with E-state index in [1.165, 1.54) is 82.6 Å². The molecule has 8 aromatic carbocycles. The van der Waals surface area contributed by atoms with Crippen molar-refractivity contribution >= 4 is 69.0 Å². The van der Waals surface area contributed by atoms with Crippen molar-refractivity contribution in [1.29, 1.82) is 0 Å². The summed E-state index contributed by atoms with van der Waals surface area (Å²) in [6.45, 7) is 0.0634. The Labute approximate surface area is 309 Å². The Kier molecular flexibility index (Phi) is 7.55. The molecule has 0 saturated heterocycles. The zero-order valence-electron chi connectivity index (χ0n) is 28.4. The molecule has 2 aliphatic rings. The third-order valence-electron chi connectivity index (χ3n) is 10.3. The highest BCUT2D eigenvalue weighted by atomic mass is 32.2. The molecule has 52 heavy (non-hydrogen) atoms. The Morgan fingerprint density at radius 3 is 1.19 bits per heavy atom. The molecular weight excluding hydrogens is 647 g/mol. The Morgan fingerprint density at radius 1 is 0.327 bits per heavy atom. The van der Waals surface area contributed by atoms with Crippen molar-refractivity contribution in [1.82, 2.24) is 0 Å². The highest BCUT2D eigenvalue weighted by Crippen LogP contribution is 2.49. The summed E-state index contributed by atoms with van der Waals surface area (Å²) in [5, 5.41) is 0. The Morgan fingerprint density at radius 2 is 0.712 bits per heavy atom. The van der Waals surface area contributed by atoms with E-state index < -0.39 is 0 Å². The summed E-state index contributed by atoms with van der Waals surface area (Å²) in [5.41, 5.74) is 15.9. The summed E-state index contributed by atoms with van der Waals surface area (Å²) in [7, 11) is 0. The van der Waals surface area contributed by atoms with E-state index in [9.17, 15) is 0 Å². The molecule has 0 spiro atoms. The zero-order chi connectivity index (χ0) is 34.4. The molecule has 0 unspecified atom stereocenters. The molecule has 0 N–H and O–H groups in total. The van der Waals surface area contributed by atoms with E-state index >= 15 is 0 Å². The van der Waals surface area contributed by atoms with Gasteiger partial charge in [0.05, 0.1) is 11.4 Å². The predicted octanol–water partition coefficient (Wildman–Crippen LogP) is 11.3. The fraction of sp³-hybridized carbons (Fsp3) is 0. The van der Waals surface area contributed by atoms with Crippen molar-refractivity contribution in [2.75, 3.05) is 9.80 Å². The van der Waals surface area contributed by atoms with Crippen molar-refractivity contribution in [3.05, 3.63) is 200 Å². The molecule has 244 valence electrons. The van der Waals surface area contributed by atoms with Gasteiger partial charge in [-0.1, -0.05) is 163 Å². The molecule has 2 nitrogen and oxygen atoms in total. The van der Waals surface area contributed by atoms with Crippen LogP contribution in [0.5, 0.6) is 0 Å². The normalized spacial score (nSPS) is 12.6. The number of nitrogens with zero attached hydrogens (tertiary/aromatic N) is 2. The highest BCUT2D eigenvalue weighted by molar-refractivity contribution is 7.99. The molecule has 0 saturated carbocycles. The Balaban J connectivity index is 1.30. The quantitative estimate of drug-likeness (QED) is 0.161. The van der Waals surface area contributed by atoms with E-state index in [-0.39, 0.29) is 6.71 Å². The lowest BCUT2D eigenvalue weighted by Gasteiger charge is -2.45. The third kappa shape index (κ3) is 5.06. The molecular formula is C48H33BN2S. The summed E-state index contributed by atoms with van der Waals surface area (Å²) in [6, 6.07) is 72.9. The minimum atomic E-state index is 0.0634. The summed E-state index contributed by atoms with van der Waals surface area (Å²) in [5.74, 6) is 0. The van der Waals surface area contributed by atoms with Crippen LogP contribution >= 0.6 is 11.8 Å². The highest BCUT2D eigenvalue weighted by Gasteiger charge is 2.44. The number of anilines is 6. The van der Waals surface area contributed by atoms with Crippen molar-refractivity contribution in [3.8, 4) is 22.3 Å². The lowest BCUT2D eigenvalue weighted by molar-refractivity contribution is 1.23. The van der Waals surface area contributed by atoms with Gasteiger partial charge in [0, 0.05) is 43.7 Å². The molecule has 4 heteroatoms. The van der Waals surface area contributed by atoms with Gasteiger partial charge in [-0.25, -0.2) is 0 Å². The number of fused-ring (bicyclic) bond motifs is 4. The van der Waals surface area contributed by atoms with Gasteiger partial charge in [-0.05, 0) is 76.0 Å². The number of hydrogen-bond acceptors (Lipinski definition) is 3. The minimum Gasteiger partial charge on any atom is -0.311 e. The maximum absolute atomic E-state index is 2.53. The molecule has 10 rings (SSSR count). The van der Waals surface area contributed by atoms with Crippen LogP contribution in [0.3, 0.4) is 0 Å². The van der Waals surface area contributed by atoms with Crippen molar-refractivity contribution in [2.45, 2.75) is 9.79 Å². The molecule has 0 aliphatic carbocycles. The van der Waals surface area contributed by atoms with Crippen LogP contribution in [0.1, 0.15) is 0 Å². The van der Waals surface area contributed by atoms with Crippen LogP contribution < -0.4 is 26.2 Å². The van der Waals surface area contributed by atoms with Crippen LogP contribution in [-0.2, 0) is 0 Å². The summed E-state index contributed by atoms with van der Waals surface area (Å²) in [4.78, 5) is 7.46. The second-order valence-corrected chi connectivity index (χ2v) is 14.4. The van der Waals surface area contributed by atoms with Gasteiger partial charge in [0.1, 0.15) is 0 Å². The SMILES string of the molecule is c1ccc(Sc2cc3c4c(c2)N(c2ccccc2-c2ccccc2)c2ccccc2B4c2ccccc2N3c2ccccc2-c2ccccc2)cc1. The van der Waals surface area contributed by atoms with Crippen LogP contribution in [0.4, 0.5) is 34.1 Å². The van der Waals surface area contributed by atoms with E-state index in [1.807, 2.05) is 11.8 Å². The summed E-state index contributed by atoms with van der Waals surface area (Å²) in [6.07, 6.45) is 0. The fourth-order valence-electron chi connectivity index (χ4n) is 8.14. The van der Waals surface area contributed by atoms with Gasteiger partial charge < -0.3 is 9.80 Å². The number of para-hydroxylation sites is 4. The van der Waals surface area contributed by atoms with Crippen LogP contribution in [-0.4, -0.2) is 6.71 Å². The molecule has 0 fully saturated rings. The molecule has 8 aromatic rings. The predicted molar refractivity (Wildman–Crippen MR) is 222 cm³/mol. The lowest BCUT2D eigenvalue weighted by atomic mass is 9.33. The average molecular weight is 681 g/mol. The Bertz CT molecular complexity index is 2420. The lowest BCUT2D eigenvalue weighted by Crippen LogP contribution is -2.61. The van der Waals surface area contributed by atoms with Crippen LogP contribution in [0.15, 0.2) is 210 Å². The molecule has 0 radical (unpaired) electrons. The van der Waals surface area contributed by atoms with Gasteiger partial charge in [-0.3, -0.25) is 0 Å². The average Bonchev–Trinajstić information content (AvgIpc) is 3.22. The van der Waals surface area contributed by atoms with Gasteiger partial charge in [0.25, 0.3) is 6.71 Å². The molecule has 0 amide bonds. The van der Waals surface area contributed by atoms with E-state index in [1.54, 1.807) is 0 Å². The van der Waals surface area contributed by atoms with Crippen molar-refractivity contribution in [3.63, 3.8) is 0 Å². The monoisotopic (exact) mass is 680 g/mol. The molecule has 2 aliphatic heterocycles. The number of rotatable bonds is 6. The Hall–Kier alpha value is -6.23. The van der Waals surface area contributed by atoms with Crippen LogP contribution in [0.2, 0.25) is 0 Å². The first-order valence-electron chi connectivity index (χ1n) is 17.8. The van der Waals surface area contributed by atoms with Crippen molar-refractivity contribution < 1.29 is 0 Å². The fourth-order valence-corrected chi connectivity index (χ4v) is 9.04. The molecule has 0 aromatic heterocycles. The molecule has 2 heterocycles. The first-order valence-corrected chi connectivity index (χ1v) is 18.6. The van der Waals surface area contributed by atoms with E-state index in [0.29, 0.717) is 0 Å². The standard InChI is InChI=1S/C48H33BN2S/c1-4-18-34(19-5-1)38-24-10-14-28-42(38)50-44-30-16-12-26-40(44)49-41-27-13-17-31-45(41)51(43-29-15-11-25-39(43)35-20-6-2-7-21-35)47-33-37(32-46(50)48(47)49)52-36-22-8-3-9-23-36/h1-33H. The number of benzene rings is 8. The topological polar surface area (TPSA) is 6.48 Å². The van der Waals surface area contributed by atoms with E-state index in [0.717, 1.165) is 0 Å².